The predicted octanol–water partition coefficient (Wildman–Crippen LogP) is 6.34. The van der Waals surface area contributed by atoms with Gasteiger partial charge in [0, 0.05) is 19.4 Å². The second-order valence-corrected chi connectivity index (χ2v) is 14.8. The highest BCUT2D eigenvalue weighted by Gasteiger charge is 2.54. The predicted molar refractivity (Wildman–Crippen MR) is 156 cm³/mol. The molecule has 8 bridgehead atoms. The van der Waals surface area contributed by atoms with Gasteiger partial charge < -0.3 is 25.6 Å². The number of carbonyl (C=O) groups is 3. The second-order valence-electron chi connectivity index (χ2n) is 14.8. The normalized spacial score (nSPS) is 37.3. The van der Waals surface area contributed by atoms with Crippen LogP contribution in [-0.4, -0.2) is 47.4 Å². The highest BCUT2D eigenvalue weighted by atomic mass is 16.6. The van der Waals surface area contributed by atoms with Crippen LogP contribution in [0.1, 0.15) is 128 Å². The number of carbonyl (C=O) groups excluding carboxylic acids is 2. The Hall–Kier alpha value is -1.83. The van der Waals surface area contributed by atoms with E-state index in [0.29, 0.717) is 19.4 Å². The average molecular weight is 575 g/mol. The first kappa shape index (κ1) is 30.6. The van der Waals surface area contributed by atoms with Gasteiger partial charge in [-0.15, -0.1) is 0 Å². The maximum atomic E-state index is 12.1. The molecule has 0 atom stereocenters. The van der Waals surface area contributed by atoms with E-state index in [0.717, 1.165) is 119 Å². The fourth-order valence-corrected chi connectivity index (χ4v) is 10.3. The summed E-state index contributed by atoms with van der Waals surface area (Å²) < 4.78 is 11.9. The summed E-state index contributed by atoms with van der Waals surface area (Å²) >= 11 is 0. The summed E-state index contributed by atoms with van der Waals surface area (Å²) in [5, 5.41) is 10.8. The second kappa shape index (κ2) is 13.6. The molecule has 8 heteroatoms. The van der Waals surface area contributed by atoms with Gasteiger partial charge in [-0.1, -0.05) is 12.8 Å². The van der Waals surface area contributed by atoms with Crippen LogP contribution in [0.25, 0.3) is 0 Å². The summed E-state index contributed by atoms with van der Waals surface area (Å²) in [5.74, 6) is 4.90. The fourth-order valence-electron chi connectivity index (χ4n) is 10.3. The molecule has 1 amide bonds. The summed E-state index contributed by atoms with van der Waals surface area (Å²) in [6, 6.07) is 0. The minimum atomic E-state index is -0.985. The number of unbranched alkanes of at least 4 members (excludes halogenated alkanes) is 4. The maximum Gasteiger partial charge on any atom is 0.404 e. The van der Waals surface area contributed by atoms with Gasteiger partial charge in [0.25, 0.3) is 0 Å². The number of ether oxygens (including phenoxy) is 2. The van der Waals surface area contributed by atoms with E-state index in [1.54, 1.807) is 0 Å². The molecule has 232 valence electrons. The van der Waals surface area contributed by atoms with Crippen molar-refractivity contribution in [1.82, 2.24) is 5.32 Å². The van der Waals surface area contributed by atoms with Crippen LogP contribution in [0.4, 0.5) is 4.79 Å². The van der Waals surface area contributed by atoms with Crippen molar-refractivity contribution in [3.63, 3.8) is 0 Å². The third-order valence-corrected chi connectivity index (χ3v) is 11.0. The lowest BCUT2D eigenvalue weighted by Crippen LogP contribution is -2.52. The van der Waals surface area contributed by atoms with E-state index in [4.69, 9.17) is 20.3 Å². The minimum absolute atomic E-state index is 0.0407. The minimum Gasteiger partial charge on any atom is -0.465 e. The number of esters is 2. The van der Waals surface area contributed by atoms with Crippen molar-refractivity contribution in [1.29, 1.82) is 0 Å². The molecule has 0 heterocycles. The van der Waals surface area contributed by atoms with Gasteiger partial charge in [0.15, 0.2) is 0 Å². The molecule has 0 radical (unpaired) electrons. The molecule has 4 N–H and O–H groups in total. The molecular formula is C33H54N2O6. The number of carboxylic acid groups (broad SMARTS) is 1. The Morgan fingerprint density at radius 1 is 0.610 bits per heavy atom. The third-order valence-electron chi connectivity index (χ3n) is 11.0. The van der Waals surface area contributed by atoms with Crippen LogP contribution in [-0.2, 0) is 19.1 Å². The smallest absolute Gasteiger partial charge is 0.404 e. The number of rotatable bonds is 13. The molecule has 0 saturated heterocycles. The fraction of sp³-hybridized carbons (Fsp3) is 0.909. The summed E-state index contributed by atoms with van der Waals surface area (Å²) in [4.78, 5) is 34.5. The number of nitrogens with two attached hydrogens (primary N) is 1. The van der Waals surface area contributed by atoms with E-state index >= 15 is 0 Å². The highest BCUT2D eigenvalue weighted by molar-refractivity contribution is 5.70. The van der Waals surface area contributed by atoms with Gasteiger partial charge in [-0.05, 0) is 145 Å². The molecule has 0 aliphatic heterocycles. The number of hydrogen-bond acceptors (Lipinski definition) is 6. The zero-order valence-electron chi connectivity index (χ0n) is 25.1. The van der Waals surface area contributed by atoms with Crippen molar-refractivity contribution >= 4 is 18.0 Å². The van der Waals surface area contributed by atoms with Crippen LogP contribution in [0.5, 0.6) is 0 Å². The maximum absolute atomic E-state index is 12.1. The molecular weight excluding hydrogens is 520 g/mol. The van der Waals surface area contributed by atoms with Crippen LogP contribution in [0.15, 0.2) is 0 Å². The summed E-state index contributed by atoms with van der Waals surface area (Å²) in [6.45, 7) is 1.18. The lowest BCUT2D eigenvalue weighted by atomic mass is 9.54. The Balaban J connectivity index is 0.000000166. The van der Waals surface area contributed by atoms with E-state index in [9.17, 15) is 14.4 Å². The molecule has 8 nitrogen and oxygen atoms in total. The van der Waals surface area contributed by atoms with Gasteiger partial charge >= 0.3 is 18.0 Å². The largest absolute Gasteiger partial charge is 0.465 e. The molecule has 0 spiro atoms. The van der Waals surface area contributed by atoms with Crippen molar-refractivity contribution in [2.45, 2.75) is 140 Å². The topological polar surface area (TPSA) is 128 Å². The Labute approximate surface area is 246 Å². The molecule has 41 heavy (non-hydrogen) atoms. The highest BCUT2D eigenvalue weighted by Crippen LogP contribution is 2.58. The number of amides is 1. The number of hydrogen-bond donors (Lipinski definition) is 3. The van der Waals surface area contributed by atoms with Gasteiger partial charge in [-0.2, -0.15) is 0 Å². The van der Waals surface area contributed by atoms with Gasteiger partial charge in [0.2, 0.25) is 0 Å². The van der Waals surface area contributed by atoms with Crippen LogP contribution >= 0.6 is 0 Å². The van der Waals surface area contributed by atoms with Crippen molar-refractivity contribution in [3.8, 4) is 0 Å². The third kappa shape index (κ3) is 8.39. The first-order valence-corrected chi connectivity index (χ1v) is 16.8. The van der Waals surface area contributed by atoms with E-state index in [-0.39, 0.29) is 23.1 Å². The molecule has 0 aromatic rings. The van der Waals surface area contributed by atoms with Crippen molar-refractivity contribution in [2.75, 3.05) is 13.1 Å². The van der Waals surface area contributed by atoms with Gasteiger partial charge in [-0.3, -0.25) is 9.59 Å². The Morgan fingerprint density at radius 3 is 1.32 bits per heavy atom. The molecule has 8 saturated carbocycles. The lowest BCUT2D eigenvalue weighted by Gasteiger charge is -2.55. The van der Waals surface area contributed by atoms with Crippen molar-refractivity contribution < 1.29 is 29.0 Å². The molecule has 0 aromatic heterocycles. The molecule has 8 aliphatic carbocycles. The average Bonchev–Trinajstić information content (AvgIpc) is 2.87. The molecule has 8 rings (SSSR count). The Bertz CT molecular complexity index is 849. The Morgan fingerprint density at radius 2 is 0.976 bits per heavy atom. The quantitative estimate of drug-likeness (QED) is 0.173. The standard InChI is InChI=1S/C17H27NO4.C16H27NO2/c19-15(4-2-1-3-5-18-16(20)21)22-17-9-12-6-13(10-17)8-14(7-12)11-17;17-5-3-1-2-4-15(18)19-16-9-12-6-13(10-16)8-14(7-12)11-16/h12-14,18H,1-11H2,(H,20,21);12-14H,1-11,17H2. The molecule has 0 unspecified atom stereocenters. The first-order valence-electron chi connectivity index (χ1n) is 16.8. The van der Waals surface area contributed by atoms with E-state index < -0.39 is 6.09 Å². The molecule has 8 aliphatic rings. The van der Waals surface area contributed by atoms with E-state index in [2.05, 4.69) is 5.32 Å². The van der Waals surface area contributed by atoms with E-state index in [1.165, 1.54) is 38.5 Å². The van der Waals surface area contributed by atoms with Gasteiger partial charge in [0.05, 0.1) is 0 Å². The zero-order valence-corrected chi connectivity index (χ0v) is 25.1. The lowest BCUT2D eigenvalue weighted by molar-refractivity contribution is -0.187. The number of nitrogens with one attached hydrogen (secondary N) is 1. The Kier molecular flexibility index (Phi) is 10.2. The summed E-state index contributed by atoms with van der Waals surface area (Å²) in [5.41, 5.74) is 5.28. The van der Waals surface area contributed by atoms with Crippen LogP contribution in [0, 0.1) is 35.5 Å². The first-order chi connectivity index (χ1) is 19.7. The summed E-state index contributed by atoms with van der Waals surface area (Å²) in [7, 11) is 0. The van der Waals surface area contributed by atoms with Gasteiger partial charge in [0.1, 0.15) is 11.2 Å². The van der Waals surface area contributed by atoms with Crippen molar-refractivity contribution in [2.24, 2.45) is 41.2 Å². The molecule has 8 fully saturated rings. The van der Waals surface area contributed by atoms with Crippen LogP contribution in [0.3, 0.4) is 0 Å². The SMILES string of the molecule is NCCCCCC(=O)OC12CC3CC(CC(C3)C1)C2.O=C(O)NCCCCCC(=O)OC12CC3CC(CC(C3)C1)C2. The zero-order chi connectivity index (χ0) is 28.9. The van der Waals surface area contributed by atoms with Crippen LogP contribution in [0.2, 0.25) is 0 Å². The van der Waals surface area contributed by atoms with Gasteiger partial charge in [-0.25, -0.2) is 4.79 Å². The molecule has 0 aromatic carbocycles. The van der Waals surface area contributed by atoms with Crippen LogP contribution < -0.4 is 11.1 Å². The van der Waals surface area contributed by atoms with Crippen molar-refractivity contribution in [3.05, 3.63) is 0 Å². The summed E-state index contributed by atoms with van der Waals surface area (Å²) in [6.07, 6.45) is 20.4. The monoisotopic (exact) mass is 574 g/mol. The van der Waals surface area contributed by atoms with E-state index in [1.807, 2.05) is 0 Å².